The van der Waals surface area contributed by atoms with Crippen LogP contribution in [0.2, 0.25) is 0 Å². The zero-order chi connectivity index (χ0) is 14.2. The van der Waals surface area contributed by atoms with Gasteiger partial charge in [0.15, 0.2) is 0 Å². The minimum Gasteiger partial charge on any atom is -0.312 e. The van der Waals surface area contributed by atoms with Crippen molar-refractivity contribution in [2.75, 3.05) is 32.7 Å². The summed E-state index contributed by atoms with van der Waals surface area (Å²) in [6.45, 7) is 13.6. The predicted octanol–water partition coefficient (Wildman–Crippen LogP) is 2.32. The van der Waals surface area contributed by atoms with Gasteiger partial charge in [-0.15, -0.1) is 0 Å². The van der Waals surface area contributed by atoms with Gasteiger partial charge in [0.05, 0.1) is 0 Å². The predicted molar refractivity (Wildman–Crippen MR) is 85.1 cm³/mol. The fourth-order valence-corrected chi connectivity index (χ4v) is 4.92. The van der Waals surface area contributed by atoms with Gasteiger partial charge in [0, 0.05) is 24.7 Å². The van der Waals surface area contributed by atoms with E-state index in [4.69, 9.17) is 0 Å². The van der Waals surface area contributed by atoms with Crippen LogP contribution in [0, 0.1) is 5.41 Å². The Morgan fingerprint density at radius 1 is 1.05 bits per heavy atom. The Kier molecular flexibility index (Phi) is 4.40. The van der Waals surface area contributed by atoms with Crippen LogP contribution in [-0.4, -0.2) is 60.6 Å². The van der Waals surface area contributed by atoms with Gasteiger partial charge in [-0.05, 0) is 63.7 Å². The lowest BCUT2D eigenvalue weighted by Crippen LogP contribution is -2.53. The molecular weight excluding hydrogens is 246 g/mol. The number of hydrogen-bond donors (Lipinski definition) is 1. The fraction of sp³-hybridized carbons (Fsp3) is 1.00. The summed E-state index contributed by atoms with van der Waals surface area (Å²) in [5.74, 6) is 0. The normalized spacial score (nSPS) is 38.9. The first-order chi connectivity index (χ1) is 9.62. The largest absolute Gasteiger partial charge is 0.312 e. The number of hydrogen-bond acceptors (Lipinski definition) is 3. The highest BCUT2D eigenvalue weighted by Gasteiger charge is 2.45. The quantitative estimate of drug-likeness (QED) is 0.855. The number of nitrogens with one attached hydrogen (secondary N) is 1. The monoisotopic (exact) mass is 279 g/mol. The van der Waals surface area contributed by atoms with Crippen molar-refractivity contribution in [2.24, 2.45) is 5.41 Å². The molecule has 3 aliphatic rings. The molecule has 116 valence electrons. The van der Waals surface area contributed by atoms with Crippen LogP contribution in [0.25, 0.3) is 0 Å². The summed E-state index contributed by atoms with van der Waals surface area (Å²) in [6.07, 6.45) is 6.98. The molecule has 20 heavy (non-hydrogen) atoms. The lowest BCUT2D eigenvalue weighted by atomic mass is 9.86. The molecule has 1 saturated carbocycles. The number of fused-ring (bicyclic) bond motifs is 1. The van der Waals surface area contributed by atoms with Crippen LogP contribution < -0.4 is 5.32 Å². The third kappa shape index (κ3) is 2.77. The standard InChI is InChI=1S/C17H33N3/c1-4-18-16-15(8-9-17(16,2)3)20-12-6-11-19-10-5-7-14(19)13-20/h14-16,18H,4-13H2,1-3H3. The maximum absolute atomic E-state index is 3.81. The van der Waals surface area contributed by atoms with Gasteiger partial charge in [-0.1, -0.05) is 20.8 Å². The van der Waals surface area contributed by atoms with Gasteiger partial charge in [-0.3, -0.25) is 9.80 Å². The number of likely N-dealkylation sites (N-methyl/N-ethyl adjacent to an activating group) is 1. The Morgan fingerprint density at radius 2 is 1.80 bits per heavy atom. The van der Waals surface area contributed by atoms with Crippen LogP contribution in [0.1, 0.15) is 52.9 Å². The van der Waals surface area contributed by atoms with Crippen molar-refractivity contribution >= 4 is 0 Å². The van der Waals surface area contributed by atoms with Crippen molar-refractivity contribution in [3.63, 3.8) is 0 Å². The van der Waals surface area contributed by atoms with E-state index in [-0.39, 0.29) is 0 Å². The lowest BCUT2D eigenvalue weighted by Gasteiger charge is -2.38. The van der Waals surface area contributed by atoms with E-state index in [1.54, 1.807) is 0 Å². The van der Waals surface area contributed by atoms with E-state index >= 15 is 0 Å². The highest BCUT2D eigenvalue weighted by atomic mass is 15.3. The first-order valence-corrected chi connectivity index (χ1v) is 8.83. The van der Waals surface area contributed by atoms with Crippen LogP contribution in [0.15, 0.2) is 0 Å². The van der Waals surface area contributed by atoms with Gasteiger partial charge >= 0.3 is 0 Å². The molecule has 3 atom stereocenters. The van der Waals surface area contributed by atoms with Crippen molar-refractivity contribution in [1.82, 2.24) is 15.1 Å². The van der Waals surface area contributed by atoms with Gasteiger partial charge in [0.2, 0.25) is 0 Å². The van der Waals surface area contributed by atoms with E-state index in [0.29, 0.717) is 11.5 Å². The second-order valence-corrected chi connectivity index (χ2v) is 7.81. The summed E-state index contributed by atoms with van der Waals surface area (Å²) in [5.41, 5.74) is 0.461. The van der Waals surface area contributed by atoms with E-state index in [1.807, 2.05) is 0 Å². The van der Waals surface area contributed by atoms with Crippen molar-refractivity contribution in [3.8, 4) is 0 Å². The molecule has 2 saturated heterocycles. The first-order valence-electron chi connectivity index (χ1n) is 8.83. The average molecular weight is 279 g/mol. The molecule has 0 bridgehead atoms. The summed E-state index contributed by atoms with van der Waals surface area (Å²) in [7, 11) is 0. The molecule has 3 heteroatoms. The summed E-state index contributed by atoms with van der Waals surface area (Å²) in [5, 5.41) is 3.81. The molecule has 0 aromatic heterocycles. The van der Waals surface area contributed by atoms with Gasteiger partial charge in [0.25, 0.3) is 0 Å². The van der Waals surface area contributed by atoms with Gasteiger partial charge < -0.3 is 5.32 Å². The molecule has 2 aliphatic heterocycles. The Hall–Kier alpha value is -0.120. The number of nitrogens with zero attached hydrogens (tertiary/aromatic N) is 2. The maximum atomic E-state index is 3.81. The summed E-state index contributed by atoms with van der Waals surface area (Å²) < 4.78 is 0. The van der Waals surface area contributed by atoms with E-state index in [9.17, 15) is 0 Å². The van der Waals surface area contributed by atoms with Crippen LogP contribution in [-0.2, 0) is 0 Å². The average Bonchev–Trinajstić information content (AvgIpc) is 2.89. The van der Waals surface area contributed by atoms with Crippen molar-refractivity contribution < 1.29 is 0 Å². The minimum atomic E-state index is 0.461. The highest BCUT2D eigenvalue weighted by molar-refractivity contribution is 5.02. The molecule has 3 unspecified atom stereocenters. The molecule has 0 aromatic rings. The molecule has 3 nitrogen and oxygen atoms in total. The summed E-state index contributed by atoms with van der Waals surface area (Å²) in [6, 6.07) is 2.30. The number of rotatable bonds is 3. The van der Waals surface area contributed by atoms with Crippen LogP contribution in [0.4, 0.5) is 0 Å². The molecule has 0 spiro atoms. The van der Waals surface area contributed by atoms with Crippen LogP contribution in [0.5, 0.6) is 0 Å². The third-order valence-electron chi connectivity index (χ3n) is 6.04. The molecule has 0 radical (unpaired) electrons. The summed E-state index contributed by atoms with van der Waals surface area (Å²) in [4.78, 5) is 5.60. The zero-order valence-electron chi connectivity index (χ0n) is 13.7. The minimum absolute atomic E-state index is 0.461. The van der Waals surface area contributed by atoms with E-state index < -0.39 is 0 Å². The molecule has 1 aliphatic carbocycles. The summed E-state index contributed by atoms with van der Waals surface area (Å²) >= 11 is 0. The molecule has 0 amide bonds. The van der Waals surface area contributed by atoms with Gasteiger partial charge in [0.1, 0.15) is 0 Å². The Labute approximate surface area is 125 Å². The van der Waals surface area contributed by atoms with Crippen molar-refractivity contribution in [3.05, 3.63) is 0 Å². The topological polar surface area (TPSA) is 18.5 Å². The first kappa shape index (κ1) is 14.8. The maximum Gasteiger partial charge on any atom is 0.0274 e. The molecule has 0 aromatic carbocycles. The van der Waals surface area contributed by atoms with Crippen LogP contribution in [0.3, 0.4) is 0 Å². The highest BCUT2D eigenvalue weighted by Crippen LogP contribution is 2.40. The van der Waals surface area contributed by atoms with Gasteiger partial charge in [-0.2, -0.15) is 0 Å². The SMILES string of the molecule is CCNC1C(N2CCCN3CCCC3C2)CCC1(C)C. The second-order valence-electron chi connectivity index (χ2n) is 7.81. The Balaban J connectivity index is 1.70. The van der Waals surface area contributed by atoms with E-state index in [0.717, 1.165) is 18.6 Å². The molecule has 2 heterocycles. The molecule has 1 N–H and O–H groups in total. The zero-order valence-corrected chi connectivity index (χ0v) is 13.7. The smallest absolute Gasteiger partial charge is 0.0274 e. The Morgan fingerprint density at radius 3 is 2.60 bits per heavy atom. The van der Waals surface area contributed by atoms with Crippen LogP contribution >= 0.6 is 0 Å². The van der Waals surface area contributed by atoms with Crippen molar-refractivity contribution in [2.45, 2.75) is 71.0 Å². The second kappa shape index (κ2) is 5.94. The van der Waals surface area contributed by atoms with Crippen molar-refractivity contribution in [1.29, 1.82) is 0 Å². The fourth-order valence-electron chi connectivity index (χ4n) is 4.92. The molecule has 3 rings (SSSR count). The Bertz CT molecular complexity index is 328. The van der Waals surface area contributed by atoms with E-state index in [2.05, 4.69) is 35.9 Å². The molecule has 3 fully saturated rings. The van der Waals surface area contributed by atoms with E-state index in [1.165, 1.54) is 58.3 Å². The third-order valence-corrected chi connectivity index (χ3v) is 6.04. The van der Waals surface area contributed by atoms with Gasteiger partial charge in [-0.25, -0.2) is 0 Å². The lowest BCUT2D eigenvalue weighted by molar-refractivity contribution is 0.133. The molecular formula is C17H33N3.